The molecule has 1 saturated heterocycles. The van der Waals surface area contributed by atoms with E-state index in [9.17, 15) is 14.4 Å². The minimum absolute atomic E-state index is 0.0613. The van der Waals surface area contributed by atoms with Crippen molar-refractivity contribution < 1.29 is 18.8 Å². The molecule has 3 amide bonds. The van der Waals surface area contributed by atoms with Crippen molar-refractivity contribution in [3.05, 3.63) is 59.0 Å². The van der Waals surface area contributed by atoms with Crippen LogP contribution in [0.15, 0.2) is 52.0 Å². The molecule has 4 rings (SSSR count). The van der Waals surface area contributed by atoms with Gasteiger partial charge in [0.05, 0.1) is 4.91 Å². The number of furan rings is 1. The predicted molar refractivity (Wildman–Crippen MR) is 111 cm³/mol. The molecule has 0 saturated carbocycles. The summed E-state index contributed by atoms with van der Waals surface area (Å²) in [6.07, 6.45) is 4.89. The van der Waals surface area contributed by atoms with Gasteiger partial charge in [-0.1, -0.05) is 12.1 Å². The Bertz CT molecular complexity index is 1160. The molecule has 0 aliphatic carbocycles. The molecule has 3 heterocycles. The van der Waals surface area contributed by atoms with E-state index in [1.165, 1.54) is 6.08 Å². The Morgan fingerprint density at radius 3 is 2.62 bits per heavy atom. The number of nitrogens with one attached hydrogen (secondary N) is 2. The van der Waals surface area contributed by atoms with Crippen molar-refractivity contribution in [1.29, 1.82) is 0 Å². The van der Waals surface area contributed by atoms with Crippen LogP contribution in [0.3, 0.4) is 0 Å². The van der Waals surface area contributed by atoms with Gasteiger partial charge >= 0.3 is 0 Å². The molecule has 0 atom stereocenters. The van der Waals surface area contributed by atoms with Crippen LogP contribution in [-0.2, 0) is 4.79 Å². The molecule has 1 aliphatic rings. The van der Waals surface area contributed by atoms with Gasteiger partial charge in [-0.3, -0.25) is 24.7 Å². The summed E-state index contributed by atoms with van der Waals surface area (Å²) in [5.74, 6) is -0.111. The molecule has 1 aromatic carbocycles. The van der Waals surface area contributed by atoms with Crippen LogP contribution < -0.4 is 10.6 Å². The van der Waals surface area contributed by atoms with Crippen molar-refractivity contribution in [2.24, 2.45) is 0 Å². The van der Waals surface area contributed by atoms with Gasteiger partial charge in [0.1, 0.15) is 11.3 Å². The van der Waals surface area contributed by atoms with Crippen LogP contribution >= 0.6 is 11.8 Å². The van der Waals surface area contributed by atoms with Crippen molar-refractivity contribution in [1.82, 2.24) is 15.6 Å². The number of pyridine rings is 1. The van der Waals surface area contributed by atoms with Gasteiger partial charge in [-0.2, -0.15) is 0 Å². The van der Waals surface area contributed by atoms with E-state index in [1.807, 2.05) is 26.0 Å². The molecule has 1 aliphatic heterocycles. The molecule has 7 nitrogen and oxygen atoms in total. The summed E-state index contributed by atoms with van der Waals surface area (Å²) in [6, 6.07) is 9.01. The van der Waals surface area contributed by atoms with E-state index < -0.39 is 11.1 Å². The van der Waals surface area contributed by atoms with Gasteiger partial charge in [0.25, 0.3) is 17.1 Å². The van der Waals surface area contributed by atoms with Crippen molar-refractivity contribution in [2.45, 2.75) is 19.9 Å². The molecule has 2 aromatic heterocycles. The number of hydrogen-bond acceptors (Lipinski definition) is 6. The number of carbonyl (C=O) groups is 3. The number of hydrogen-bond donors (Lipinski definition) is 2. The average molecular weight is 407 g/mol. The van der Waals surface area contributed by atoms with Crippen LogP contribution in [0.5, 0.6) is 0 Å². The monoisotopic (exact) mass is 407 g/mol. The first-order valence-electron chi connectivity index (χ1n) is 8.94. The molecular weight excluding hydrogens is 390 g/mol. The Morgan fingerprint density at radius 1 is 1.21 bits per heavy atom. The van der Waals surface area contributed by atoms with E-state index in [1.54, 1.807) is 30.6 Å². The second kappa shape index (κ2) is 7.56. The molecule has 146 valence electrons. The van der Waals surface area contributed by atoms with Gasteiger partial charge in [0, 0.05) is 41.0 Å². The summed E-state index contributed by atoms with van der Waals surface area (Å²) in [5, 5.41) is 5.44. The molecule has 8 heteroatoms. The first-order valence-corrected chi connectivity index (χ1v) is 9.76. The molecule has 29 heavy (non-hydrogen) atoms. The number of carbonyl (C=O) groups excluding carboxylic acids is 3. The lowest BCUT2D eigenvalue weighted by Gasteiger charge is -2.09. The summed E-state index contributed by atoms with van der Waals surface area (Å²) in [5.41, 5.74) is 2.80. The normalized spacial score (nSPS) is 15.3. The zero-order valence-corrected chi connectivity index (χ0v) is 16.5. The zero-order chi connectivity index (χ0) is 20.5. The maximum atomic E-state index is 12.1. The average Bonchev–Trinajstić information content (AvgIpc) is 3.23. The lowest BCUT2D eigenvalue weighted by atomic mass is 10.0. The standard InChI is InChI=1S/C21H17N3O4S/c1-11(2)23-19(25)13-5-3-12(4-6-13)16-10-22-9-14-7-15(28-18(14)16)8-17-20(26)24-21(27)29-17/h3-11H,1-2H3,(H,23,25)(H,24,26,27)/b17-8+. The van der Waals surface area contributed by atoms with Gasteiger partial charge in [0.2, 0.25) is 0 Å². The van der Waals surface area contributed by atoms with Crippen molar-refractivity contribution in [3.8, 4) is 11.1 Å². The second-order valence-corrected chi connectivity index (χ2v) is 7.83. The first kappa shape index (κ1) is 18.9. The SMILES string of the molecule is CC(C)NC(=O)c1ccc(-c2cncc3cc(/C=C4/SC(=O)NC4=O)oc23)cc1. The number of benzene rings is 1. The van der Waals surface area contributed by atoms with Crippen LogP contribution in [0.25, 0.3) is 28.2 Å². The van der Waals surface area contributed by atoms with E-state index in [0.717, 1.165) is 28.3 Å². The number of thioether (sulfide) groups is 1. The fourth-order valence-corrected chi connectivity index (χ4v) is 3.62. The molecule has 3 aromatic rings. The number of aromatic nitrogens is 1. The Kier molecular flexibility index (Phi) is 4.94. The second-order valence-electron chi connectivity index (χ2n) is 6.81. The molecule has 0 radical (unpaired) electrons. The fraction of sp³-hybridized carbons (Fsp3) is 0.143. The Morgan fingerprint density at radius 2 is 1.97 bits per heavy atom. The highest BCUT2D eigenvalue weighted by atomic mass is 32.2. The fourth-order valence-electron chi connectivity index (χ4n) is 2.96. The summed E-state index contributed by atoms with van der Waals surface area (Å²) >= 11 is 0.835. The van der Waals surface area contributed by atoms with Crippen LogP contribution in [0.1, 0.15) is 30.0 Å². The number of amides is 3. The van der Waals surface area contributed by atoms with E-state index in [2.05, 4.69) is 15.6 Å². The lowest BCUT2D eigenvalue weighted by molar-refractivity contribution is -0.115. The van der Waals surface area contributed by atoms with E-state index >= 15 is 0 Å². The van der Waals surface area contributed by atoms with E-state index in [4.69, 9.17) is 4.42 Å². The summed E-state index contributed by atoms with van der Waals surface area (Å²) in [7, 11) is 0. The molecule has 0 unspecified atom stereocenters. The third-order valence-corrected chi connectivity index (χ3v) is 5.05. The lowest BCUT2D eigenvalue weighted by Crippen LogP contribution is -2.29. The summed E-state index contributed by atoms with van der Waals surface area (Å²) in [6.45, 7) is 3.82. The summed E-state index contributed by atoms with van der Waals surface area (Å²) < 4.78 is 5.93. The molecule has 1 fully saturated rings. The van der Waals surface area contributed by atoms with Gasteiger partial charge in [-0.15, -0.1) is 0 Å². The molecule has 0 bridgehead atoms. The number of nitrogens with zero attached hydrogens (tertiary/aromatic N) is 1. The number of imide groups is 1. The number of rotatable bonds is 4. The topological polar surface area (TPSA) is 101 Å². The van der Waals surface area contributed by atoms with Gasteiger partial charge < -0.3 is 9.73 Å². The van der Waals surface area contributed by atoms with Crippen molar-refractivity contribution >= 4 is 45.9 Å². The molecular formula is C21H17N3O4S. The van der Waals surface area contributed by atoms with Crippen LogP contribution in [-0.4, -0.2) is 28.1 Å². The van der Waals surface area contributed by atoms with Gasteiger partial charge in [-0.25, -0.2) is 0 Å². The van der Waals surface area contributed by atoms with Crippen molar-refractivity contribution in [2.75, 3.05) is 0 Å². The Balaban J connectivity index is 1.67. The van der Waals surface area contributed by atoms with Crippen LogP contribution in [0, 0.1) is 0 Å². The van der Waals surface area contributed by atoms with Gasteiger partial charge in [0.15, 0.2) is 0 Å². The quantitative estimate of drug-likeness (QED) is 0.635. The third kappa shape index (κ3) is 3.93. The smallest absolute Gasteiger partial charge is 0.290 e. The number of fused-ring (bicyclic) bond motifs is 1. The minimum Gasteiger partial charge on any atom is -0.456 e. The highest BCUT2D eigenvalue weighted by Gasteiger charge is 2.25. The van der Waals surface area contributed by atoms with Gasteiger partial charge in [-0.05, 0) is 49.4 Å². The first-order chi connectivity index (χ1) is 13.9. The van der Waals surface area contributed by atoms with E-state index in [-0.39, 0.29) is 16.9 Å². The Labute approximate surface area is 170 Å². The Hall–Kier alpha value is -3.39. The van der Waals surface area contributed by atoms with Crippen LogP contribution in [0.4, 0.5) is 4.79 Å². The third-order valence-electron chi connectivity index (χ3n) is 4.23. The summed E-state index contributed by atoms with van der Waals surface area (Å²) in [4.78, 5) is 39.7. The predicted octanol–water partition coefficient (Wildman–Crippen LogP) is 3.96. The maximum absolute atomic E-state index is 12.1. The zero-order valence-electron chi connectivity index (χ0n) is 15.7. The van der Waals surface area contributed by atoms with Crippen molar-refractivity contribution in [3.63, 3.8) is 0 Å². The van der Waals surface area contributed by atoms with E-state index in [0.29, 0.717) is 16.9 Å². The molecule has 0 spiro atoms. The maximum Gasteiger partial charge on any atom is 0.290 e. The largest absolute Gasteiger partial charge is 0.456 e. The minimum atomic E-state index is -0.436. The van der Waals surface area contributed by atoms with Crippen LogP contribution in [0.2, 0.25) is 0 Å². The highest BCUT2D eigenvalue weighted by Crippen LogP contribution is 2.32. The molecule has 2 N–H and O–H groups in total. The highest BCUT2D eigenvalue weighted by molar-refractivity contribution is 8.18.